The average molecular weight is 398 g/mol. The van der Waals surface area contributed by atoms with Gasteiger partial charge in [0, 0.05) is 60.0 Å². The van der Waals surface area contributed by atoms with Crippen LogP contribution in [0.2, 0.25) is 0 Å². The predicted molar refractivity (Wildman–Crippen MR) is 116 cm³/mol. The molecule has 150 valence electrons. The number of fused-ring (bicyclic) bond motifs is 2. The van der Waals surface area contributed by atoms with E-state index in [4.69, 9.17) is 0 Å². The smallest absolute Gasteiger partial charge is 0.224 e. The molecule has 0 spiro atoms. The molecule has 8 nitrogen and oxygen atoms in total. The Balaban J connectivity index is 1.39. The van der Waals surface area contributed by atoms with Crippen molar-refractivity contribution in [1.82, 2.24) is 34.3 Å². The molecule has 0 unspecified atom stereocenters. The number of anilines is 1. The van der Waals surface area contributed by atoms with Crippen LogP contribution in [0, 0.1) is 5.92 Å². The van der Waals surface area contributed by atoms with Crippen molar-refractivity contribution in [2.45, 2.75) is 25.8 Å². The quantitative estimate of drug-likeness (QED) is 0.469. The third-order valence-corrected chi connectivity index (χ3v) is 5.97. The van der Waals surface area contributed by atoms with E-state index in [-0.39, 0.29) is 0 Å². The van der Waals surface area contributed by atoms with Gasteiger partial charge in [-0.05, 0) is 43.4 Å². The molecule has 5 aromatic heterocycles. The fourth-order valence-corrected chi connectivity index (χ4v) is 4.06. The molecule has 5 aromatic rings. The molecular weight excluding hydrogens is 376 g/mol. The van der Waals surface area contributed by atoms with Crippen molar-refractivity contribution in [3.05, 3.63) is 49.3 Å². The van der Waals surface area contributed by atoms with Crippen molar-refractivity contribution < 1.29 is 0 Å². The highest BCUT2D eigenvalue weighted by molar-refractivity contribution is 5.95. The van der Waals surface area contributed by atoms with Crippen molar-refractivity contribution >= 4 is 22.5 Å². The topological polar surface area (TPSA) is 88.7 Å². The summed E-state index contributed by atoms with van der Waals surface area (Å²) >= 11 is 0. The largest absolute Gasteiger partial charge is 0.351 e. The summed E-state index contributed by atoms with van der Waals surface area (Å²) in [7, 11) is 1.92. The Kier molecular flexibility index (Phi) is 3.68. The van der Waals surface area contributed by atoms with E-state index in [1.165, 1.54) is 12.8 Å². The van der Waals surface area contributed by atoms with Gasteiger partial charge in [0.25, 0.3) is 0 Å². The molecule has 2 N–H and O–H groups in total. The highest BCUT2D eigenvalue weighted by atomic mass is 15.2. The summed E-state index contributed by atoms with van der Waals surface area (Å²) in [5.41, 5.74) is 6.15. The van der Waals surface area contributed by atoms with Crippen LogP contribution in [0.3, 0.4) is 0 Å². The minimum absolute atomic E-state index is 0.409. The second kappa shape index (κ2) is 6.41. The zero-order chi connectivity index (χ0) is 20.2. The van der Waals surface area contributed by atoms with E-state index >= 15 is 0 Å². The Hall–Kier alpha value is -3.68. The van der Waals surface area contributed by atoms with E-state index in [1.54, 1.807) is 4.68 Å². The molecule has 1 saturated carbocycles. The number of hydrogen-bond donors (Lipinski definition) is 2. The van der Waals surface area contributed by atoms with Crippen LogP contribution in [0.25, 0.3) is 38.8 Å². The minimum atomic E-state index is 0.409. The number of aromatic amines is 1. The first-order valence-corrected chi connectivity index (χ1v) is 10.2. The van der Waals surface area contributed by atoms with E-state index in [2.05, 4.69) is 49.5 Å². The SMILES string of the molecule is C[C@@H](Nc1ncc2c(-c3ccn4ncc(-c5cnn(C)c5)c4c3)c[nH]c2n1)C1CC1. The first-order valence-electron chi connectivity index (χ1n) is 10.2. The zero-order valence-electron chi connectivity index (χ0n) is 16.9. The predicted octanol–water partition coefficient (Wildman–Crippen LogP) is 3.88. The van der Waals surface area contributed by atoms with Crippen LogP contribution in [-0.4, -0.2) is 40.4 Å². The van der Waals surface area contributed by atoms with Gasteiger partial charge in [-0.2, -0.15) is 15.2 Å². The highest BCUT2D eigenvalue weighted by Crippen LogP contribution is 2.34. The summed E-state index contributed by atoms with van der Waals surface area (Å²) in [4.78, 5) is 12.6. The van der Waals surface area contributed by atoms with Gasteiger partial charge in [-0.15, -0.1) is 0 Å². The van der Waals surface area contributed by atoms with Crippen molar-refractivity contribution in [2.24, 2.45) is 13.0 Å². The summed E-state index contributed by atoms with van der Waals surface area (Å²) in [6.07, 6.45) is 14.2. The molecule has 6 rings (SSSR count). The first-order chi connectivity index (χ1) is 14.7. The van der Waals surface area contributed by atoms with E-state index in [0.29, 0.717) is 12.0 Å². The maximum atomic E-state index is 4.69. The molecule has 0 saturated heterocycles. The lowest BCUT2D eigenvalue weighted by Crippen LogP contribution is -2.18. The van der Waals surface area contributed by atoms with Gasteiger partial charge in [-0.25, -0.2) is 9.50 Å². The Morgan fingerprint density at radius 2 is 2.03 bits per heavy atom. The van der Waals surface area contributed by atoms with Crippen LogP contribution >= 0.6 is 0 Å². The third-order valence-electron chi connectivity index (χ3n) is 5.97. The van der Waals surface area contributed by atoms with Gasteiger partial charge in [0.15, 0.2) is 0 Å². The molecule has 0 aliphatic heterocycles. The normalized spacial score (nSPS) is 15.1. The maximum absolute atomic E-state index is 4.69. The number of hydrogen-bond acceptors (Lipinski definition) is 5. The van der Waals surface area contributed by atoms with Gasteiger partial charge in [0.2, 0.25) is 5.95 Å². The van der Waals surface area contributed by atoms with E-state index in [1.807, 2.05) is 48.7 Å². The number of nitrogens with one attached hydrogen (secondary N) is 2. The van der Waals surface area contributed by atoms with Crippen LogP contribution in [0.4, 0.5) is 5.95 Å². The Bertz CT molecular complexity index is 1370. The second-order valence-electron chi connectivity index (χ2n) is 8.13. The molecule has 1 atom stereocenters. The van der Waals surface area contributed by atoms with Crippen LogP contribution in [0.5, 0.6) is 0 Å². The average Bonchev–Trinajstić information content (AvgIpc) is 3.18. The summed E-state index contributed by atoms with van der Waals surface area (Å²) < 4.78 is 3.69. The van der Waals surface area contributed by atoms with Gasteiger partial charge >= 0.3 is 0 Å². The van der Waals surface area contributed by atoms with E-state index < -0.39 is 0 Å². The molecule has 1 fully saturated rings. The fraction of sp³-hybridized carbons (Fsp3) is 0.273. The summed E-state index contributed by atoms with van der Waals surface area (Å²) in [5, 5.41) is 13.2. The molecule has 8 heteroatoms. The molecule has 0 amide bonds. The Labute approximate surface area is 173 Å². The lowest BCUT2D eigenvalue weighted by molar-refractivity contribution is 0.687. The number of rotatable bonds is 5. The maximum Gasteiger partial charge on any atom is 0.224 e. The van der Waals surface area contributed by atoms with Crippen molar-refractivity contribution in [2.75, 3.05) is 5.32 Å². The van der Waals surface area contributed by atoms with E-state index in [9.17, 15) is 0 Å². The second-order valence-corrected chi connectivity index (χ2v) is 8.13. The molecule has 0 radical (unpaired) electrons. The van der Waals surface area contributed by atoms with Crippen molar-refractivity contribution in [1.29, 1.82) is 0 Å². The first kappa shape index (κ1) is 17.2. The van der Waals surface area contributed by atoms with Gasteiger partial charge < -0.3 is 10.3 Å². The fourth-order valence-electron chi connectivity index (χ4n) is 4.06. The molecular formula is C22H22N8. The summed E-state index contributed by atoms with van der Waals surface area (Å²) in [6, 6.07) is 4.63. The minimum Gasteiger partial charge on any atom is -0.351 e. The molecule has 0 aromatic carbocycles. The van der Waals surface area contributed by atoms with E-state index in [0.717, 1.165) is 44.7 Å². The van der Waals surface area contributed by atoms with Gasteiger partial charge in [0.1, 0.15) is 5.65 Å². The molecule has 1 aliphatic carbocycles. The molecule has 1 aliphatic rings. The third kappa shape index (κ3) is 2.83. The Morgan fingerprint density at radius 1 is 1.13 bits per heavy atom. The number of H-pyrrole nitrogens is 1. The molecule has 5 heterocycles. The monoisotopic (exact) mass is 398 g/mol. The van der Waals surface area contributed by atoms with Gasteiger partial charge in [-0.3, -0.25) is 4.68 Å². The van der Waals surface area contributed by atoms with Crippen LogP contribution < -0.4 is 5.32 Å². The lowest BCUT2D eigenvalue weighted by Gasteiger charge is -2.12. The summed E-state index contributed by atoms with van der Waals surface area (Å²) in [6.45, 7) is 2.20. The van der Waals surface area contributed by atoms with Crippen LogP contribution in [0.1, 0.15) is 19.8 Å². The van der Waals surface area contributed by atoms with Crippen LogP contribution in [0.15, 0.2) is 49.3 Å². The number of pyridine rings is 1. The van der Waals surface area contributed by atoms with Gasteiger partial charge in [0.05, 0.1) is 17.9 Å². The van der Waals surface area contributed by atoms with Crippen molar-refractivity contribution in [3.8, 4) is 22.3 Å². The Morgan fingerprint density at radius 3 is 2.83 bits per heavy atom. The molecule has 0 bridgehead atoms. The standard InChI is InChI=1S/C22H22N8/c1-13(14-3-4-14)27-22-24-10-19-17(9-23-21(19)28-22)15-5-6-30-20(7-15)18(11-26-30)16-8-25-29(2)12-16/h5-14H,3-4H2,1-2H3,(H2,23,24,27,28)/t13-/m1/s1. The summed E-state index contributed by atoms with van der Waals surface area (Å²) in [5.74, 6) is 1.43. The van der Waals surface area contributed by atoms with Crippen LogP contribution in [-0.2, 0) is 7.05 Å². The number of aryl methyl sites for hydroxylation is 1. The van der Waals surface area contributed by atoms with Crippen molar-refractivity contribution in [3.63, 3.8) is 0 Å². The highest BCUT2D eigenvalue weighted by Gasteiger charge is 2.28. The zero-order valence-corrected chi connectivity index (χ0v) is 16.9. The lowest BCUT2D eigenvalue weighted by atomic mass is 10.1. The number of nitrogens with zero attached hydrogens (tertiary/aromatic N) is 6. The van der Waals surface area contributed by atoms with Gasteiger partial charge in [-0.1, -0.05) is 0 Å². The molecule has 30 heavy (non-hydrogen) atoms. The number of aromatic nitrogens is 7.